The molecule has 4 aromatic rings. The van der Waals surface area contributed by atoms with Gasteiger partial charge in [0.25, 0.3) is 0 Å². The first-order valence-electron chi connectivity index (χ1n) is 8.20. The summed E-state index contributed by atoms with van der Waals surface area (Å²) in [6.07, 6.45) is 5.26. The third kappa shape index (κ3) is 2.28. The largest absolute Gasteiger partial charge is 0.297 e. The molecule has 0 saturated carbocycles. The summed E-state index contributed by atoms with van der Waals surface area (Å²) >= 11 is 0. The topological polar surface area (TPSA) is 59.4 Å². The molecule has 0 radical (unpaired) electrons. The van der Waals surface area contributed by atoms with E-state index in [4.69, 9.17) is 0 Å². The van der Waals surface area contributed by atoms with E-state index in [2.05, 4.69) is 64.6 Å². The second-order valence-corrected chi connectivity index (χ2v) is 7.37. The highest BCUT2D eigenvalue weighted by Gasteiger charge is 2.25. The highest BCUT2D eigenvalue weighted by Crippen LogP contribution is 2.36. The normalized spacial score (nSPS) is 13.7. The van der Waals surface area contributed by atoms with Gasteiger partial charge < -0.3 is 0 Å². The van der Waals surface area contributed by atoms with Crippen LogP contribution in [0.3, 0.4) is 0 Å². The molecule has 24 heavy (non-hydrogen) atoms. The quantitative estimate of drug-likeness (QED) is 0.588. The third-order valence-corrected chi connectivity index (χ3v) is 4.86. The van der Waals surface area contributed by atoms with Crippen molar-refractivity contribution in [2.75, 3.05) is 0 Å². The Morgan fingerprint density at radius 1 is 1.04 bits per heavy atom. The van der Waals surface area contributed by atoms with Crippen LogP contribution in [-0.2, 0) is 0 Å². The summed E-state index contributed by atoms with van der Waals surface area (Å²) < 4.78 is 2.25. The molecule has 0 bridgehead atoms. The van der Waals surface area contributed by atoms with Crippen LogP contribution in [0.1, 0.15) is 33.7 Å². The first-order valence-corrected chi connectivity index (χ1v) is 8.20. The number of fused-ring (bicyclic) bond motifs is 2. The lowest BCUT2D eigenvalue weighted by atomic mass is 9.88. The Kier molecular flexibility index (Phi) is 3.20. The molecule has 3 aromatic heterocycles. The van der Waals surface area contributed by atoms with Gasteiger partial charge in [-0.15, -0.1) is 0 Å². The van der Waals surface area contributed by atoms with Gasteiger partial charge in [-0.2, -0.15) is 0 Å². The maximum Gasteiger partial charge on any atom is 0.116 e. The predicted octanol–water partition coefficient (Wildman–Crippen LogP) is 4.58. The molecule has 0 fully saturated rings. The lowest BCUT2D eigenvalue weighted by Gasteiger charge is -2.28. The number of rotatable bonds is 2. The molecule has 5 nitrogen and oxygen atoms in total. The Balaban J connectivity index is 2.05. The molecule has 5 heteroatoms. The molecular weight excluding hydrogens is 298 g/mol. The van der Waals surface area contributed by atoms with E-state index in [0.29, 0.717) is 6.04 Å². The molecule has 0 amide bonds. The summed E-state index contributed by atoms with van der Waals surface area (Å²) in [7, 11) is 0. The lowest BCUT2D eigenvalue weighted by Crippen LogP contribution is -2.22. The monoisotopic (exact) mass is 319 g/mol. The average Bonchev–Trinajstić information content (AvgIpc) is 3.15. The molecule has 0 spiro atoms. The van der Waals surface area contributed by atoms with E-state index in [1.807, 2.05) is 24.5 Å². The van der Waals surface area contributed by atoms with E-state index in [-0.39, 0.29) is 5.41 Å². The van der Waals surface area contributed by atoms with Gasteiger partial charge in [0.05, 0.1) is 28.3 Å². The fraction of sp³-hybridized carbons (Fsp3) is 0.316. The van der Waals surface area contributed by atoms with Crippen LogP contribution in [0.5, 0.6) is 0 Å². The van der Waals surface area contributed by atoms with Crippen LogP contribution in [-0.4, -0.2) is 24.7 Å². The van der Waals surface area contributed by atoms with Gasteiger partial charge in [0.2, 0.25) is 0 Å². The van der Waals surface area contributed by atoms with Crippen LogP contribution in [0.2, 0.25) is 0 Å². The summed E-state index contributed by atoms with van der Waals surface area (Å²) in [6.45, 7) is 9.01. The number of hydrogen-bond acceptors (Lipinski definition) is 3. The smallest absolute Gasteiger partial charge is 0.116 e. The number of benzene rings is 1. The standard InChI is InChI=1S/C19H21N5/c1-12(19(2,3)4)24-17-10-16-15(21-11-22-16)9-14(17)18(23-24)13-5-7-20-8-6-13/h5-12,23H,1-4H3/t12-/m1/s1. The minimum absolute atomic E-state index is 0.130. The number of H-pyrrole nitrogens is 1. The second-order valence-electron chi connectivity index (χ2n) is 7.37. The molecular formula is C19H21N5. The van der Waals surface area contributed by atoms with Crippen molar-refractivity contribution >= 4 is 21.9 Å². The van der Waals surface area contributed by atoms with E-state index in [9.17, 15) is 0 Å². The van der Waals surface area contributed by atoms with Crippen molar-refractivity contribution in [3.8, 4) is 11.3 Å². The van der Waals surface area contributed by atoms with Gasteiger partial charge in [-0.1, -0.05) is 20.8 Å². The number of aromatic nitrogens is 5. The number of nitrogens with one attached hydrogen (secondary N) is 1. The summed E-state index contributed by atoms with van der Waals surface area (Å²) in [5.74, 6) is 0. The van der Waals surface area contributed by atoms with Gasteiger partial charge in [-0.3, -0.25) is 14.8 Å². The first kappa shape index (κ1) is 14.9. The van der Waals surface area contributed by atoms with Crippen LogP contribution >= 0.6 is 0 Å². The van der Waals surface area contributed by atoms with E-state index in [0.717, 1.165) is 33.2 Å². The summed E-state index contributed by atoms with van der Waals surface area (Å²) in [5.41, 5.74) is 5.34. The van der Waals surface area contributed by atoms with Crippen molar-refractivity contribution in [2.24, 2.45) is 5.41 Å². The van der Waals surface area contributed by atoms with Crippen molar-refractivity contribution in [1.82, 2.24) is 24.7 Å². The summed E-state index contributed by atoms with van der Waals surface area (Å²) in [5, 5.41) is 4.77. The Morgan fingerprint density at radius 3 is 2.38 bits per heavy atom. The number of hydrogen-bond donors (Lipinski definition) is 1. The molecule has 122 valence electrons. The van der Waals surface area contributed by atoms with Gasteiger partial charge in [0.15, 0.2) is 0 Å². The van der Waals surface area contributed by atoms with Crippen molar-refractivity contribution < 1.29 is 0 Å². The van der Waals surface area contributed by atoms with Gasteiger partial charge in [0, 0.05) is 23.3 Å². The van der Waals surface area contributed by atoms with Crippen LogP contribution in [0.15, 0.2) is 43.0 Å². The Morgan fingerprint density at radius 2 is 1.71 bits per heavy atom. The van der Waals surface area contributed by atoms with Crippen molar-refractivity contribution in [2.45, 2.75) is 33.7 Å². The molecule has 1 atom stereocenters. The van der Waals surface area contributed by atoms with Gasteiger partial charge in [0.1, 0.15) is 6.33 Å². The second kappa shape index (κ2) is 5.16. The molecule has 0 saturated heterocycles. The number of nitrogens with zero attached hydrogens (tertiary/aromatic N) is 4. The maximum atomic E-state index is 4.37. The lowest BCUT2D eigenvalue weighted by molar-refractivity contribution is 0.251. The highest BCUT2D eigenvalue weighted by atomic mass is 15.3. The van der Waals surface area contributed by atoms with E-state index in [1.54, 1.807) is 6.33 Å². The molecule has 1 aromatic carbocycles. The van der Waals surface area contributed by atoms with Crippen molar-refractivity contribution in [3.05, 3.63) is 43.0 Å². The molecule has 4 rings (SSSR count). The zero-order chi connectivity index (χ0) is 16.9. The molecule has 0 unspecified atom stereocenters. The van der Waals surface area contributed by atoms with Crippen LogP contribution < -0.4 is 0 Å². The zero-order valence-electron chi connectivity index (χ0n) is 14.4. The van der Waals surface area contributed by atoms with E-state index in [1.165, 1.54) is 0 Å². The summed E-state index contributed by atoms with van der Waals surface area (Å²) in [6, 6.07) is 8.60. The van der Waals surface area contributed by atoms with Gasteiger partial charge >= 0.3 is 0 Å². The first-order chi connectivity index (χ1) is 11.4. The van der Waals surface area contributed by atoms with Crippen LogP contribution in [0.4, 0.5) is 0 Å². The Hall–Kier alpha value is -2.69. The minimum Gasteiger partial charge on any atom is -0.297 e. The van der Waals surface area contributed by atoms with Gasteiger partial charge in [-0.05, 0) is 36.6 Å². The molecule has 3 heterocycles. The molecule has 1 N–H and O–H groups in total. The maximum absolute atomic E-state index is 4.37. The SMILES string of the molecule is C[C@@H](n1[nH]c(-c2ccncc2)c2cc3ncnc3cc21)C(C)(C)C. The third-order valence-electron chi connectivity index (χ3n) is 4.86. The Labute approximate surface area is 140 Å². The van der Waals surface area contributed by atoms with E-state index >= 15 is 0 Å². The predicted molar refractivity (Wildman–Crippen MR) is 96.8 cm³/mol. The minimum atomic E-state index is 0.130. The number of imidazole rings is 1. The fourth-order valence-electron chi connectivity index (χ4n) is 3.00. The average molecular weight is 319 g/mol. The fourth-order valence-corrected chi connectivity index (χ4v) is 3.00. The van der Waals surface area contributed by atoms with Crippen molar-refractivity contribution in [1.29, 1.82) is 0 Å². The molecule has 0 aliphatic rings. The Bertz CT molecular complexity index is 1000. The van der Waals surface area contributed by atoms with Crippen LogP contribution in [0, 0.1) is 5.41 Å². The van der Waals surface area contributed by atoms with Crippen molar-refractivity contribution in [3.63, 3.8) is 0 Å². The van der Waals surface area contributed by atoms with Crippen LogP contribution in [0.25, 0.3) is 33.2 Å². The zero-order valence-corrected chi connectivity index (χ0v) is 14.4. The number of aromatic amines is 1. The number of pyridine rings is 1. The van der Waals surface area contributed by atoms with Gasteiger partial charge in [-0.25, -0.2) is 9.97 Å². The highest BCUT2D eigenvalue weighted by molar-refractivity contribution is 6.00. The summed E-state index contributed by atoms with van der Waals surface area (Å²) in [4.78, 5) is 12.9. The van der Waals surface area contributed by atoms with E-state index < -0.39 is 0 Å². The molecule has 0 aliphatic heterocycles. The molecule has 0 aliphatic carbocycles.